The third-order valence-electron chi connectivity index (χ3n) is 3.55. The maximum atomic E-state index is 12.3. The number of nitrogens with zero attached hydrogens (tertiary/aromatic N) is 2. The summed E-state index contributed by atoms with van der Waals surface area (Å²) >= 11 is 1.65. The highest BCUT2D eigenvalue weighted by atomic mass is 32.1. The third-order valence-corrected chi connectivity index (χ3v) is 4.52. The van der Waals surface area contributed by atoms with E-state index in [-0.39, 0.29) is 5.91 Å². The van der Waals surface area contributed by atoms with E-state index in [1.807, 2.05) is 43.5 Å². The topological polar surface area (TPSA) is 54.5 Å². The van der Waals surface area contributed by atoms with Crippen LogP contribution < -0.4 is 10.2 Å². The molecule has 22 heavy (non-hydrogen) atoms. The molecule has 1 saturated heterocycles. The summed E-state index contributed by atoms with van der Waals surface area (Å²) < 4.78 is 5.61. The lowest BCUT2D eigenvalue weighted by atomic mass is 10.2. The average molecular weight is 317 g/mol. The van der Waals surface area contributed by atoms with Crippen molar-refractivity contribution < 1.29 is 9.53 Å². The van der Waals surface area contributed by atoms with Crippen LogP contribution in [0.1, 0.15) is 10.4 Å². The van der Waals surface area contributed by atoms with Crippen molar-refractivity contribution in [2.75, 3.05) is 24.6 Å². The van der Waals surface area contributed by atoms with Gasteiger partial charge >= 0.3 is 0 Å². The first-order valence-corrected chi connectivity index (χ1v) is 8.14. The number of hydrogen-bond donors (Lipinski definition) is 1. The molecule has 0 radical (unpaired) electrons. The maximum absolute atomic E-state index is 12.3. The first-order chi connectivity index (χ1) is 10.7. The molecule has 1 fully saturated rings. The van der Waals surface area contributed by atoms with Gasteiger partial charge in [0, 0.05) is 24.2 Å². The Morgan fingerprint density at radius 1 is 1.45 bits per heavy atom. The number of carbonyl (C=O) groups excluding carboxylic acids is 1. The fraction of sp³-hybridized carbons (Fsp3) is 0.375. The van der Waals surface area contributed by atoms with Crippen molar-refractivity contribution in [3.05, 3.63) is 47.0 Å². The Kier molecular flexibility index (Phi) is 4.70. The third kappa shape index (κ3) is 3.64. The molecule has 1 amide bonds. The maximum Gasteiger partial charge on any atom is 0.251 e. The SMILES string of the molecule is Cc1cnc(N2CCO[C@@H](C(=O)NCc3ccccc3)C2)s1. The number of anilines is 1. The van der Waals surface area contributed by atoms with Crippen LogP contribution >= 0.6 is 11.3 Å². The Hall–Kier alpha value is -1.92. The van der Waals surface area contributed by atoms with Crippen molar-refractivity contribution >= 4 is 22.4 Å². The zero-order valence-corrected chi connectivity index (χ0v) is 13.3. The molecule has 1 N–H and O–H groups in total. The minimum Gasteiger partial charge on any atom is -0.365 e. The molecule has 0 bridgehead atoms. The summed E-state index contributed by atoms with van der Waals surface area (Å²) in [6, 6.07) is 9.87. The smallest absolute Gasteiger partial charge is 0.251 e. The van der Waals surface area contributed by atoms with Crippen LogP contribution in [-0.2, 0) is 16.1 Å². The van der Waals surface area contributed by atoms with Gasteiger partial charge < -0.3 is 15.0 Å². The quantitative estimate of drug-likeness (QED) is 0.937. The number of nitrogens with one attached hydrogen (secondary N) is 1. The van der Waals surface area contributed by atoms with Crippen LogP contribution in [0.15, 0.2) is 36.5 Å². The molecular weight excluding hydrogens is 298 g/mol. The number of aromatic nitrogens is 1. The van der Waals surface area contributed by atoms with E-state index in [0.29, 0.717) is 19.7 Å². The van der Waals surface area contributed by atoms with Gasteiger partial charge in [-0.15, -0.1) is 11.3 Å². The normalized spacial score (nSPS) is 18.2. The molecule has 0 spiro atoms. The molecule has 0 aliphatic carbocycles. The predicted octanol–water partition coefficient (Wildman–Crippen LogP) is 1.97. The number of ether oxygens (including phenoxy) is 1. The Labute approximate surface area is 133 Å². The first kappa shape index (κ1) is 15.0. The second-order valence-corrected chi connectivity index (χ2v) is 6.48. The summed E-state index contributed by atoms with van der Waals surface area (Å²) in [6.45, 7) is 4.42. The fourth-order valence-electron chi connectivity index (χ4n) is 2.37. The van der Waals surface area contributed by atoms with Gasteiger partial charge in [0.1, 0.15) is 0 Å². The number of rotatable bonds is 4. The molecule has 2 heterocycles. The number of benzene rings is 1. The highest BCUT2D eigenvalue weighted by molar-refractivity contribution is 7.15. The van der Waals surface area contributed by atoms with Crippen LogP contribution in [-0.4, -0.2) is 36.7 Å². The summed E-state index contributed by atoms with van der Waals surface area (Å²) in [6.07, 6.45) is 1.42. The highest BCUT2D eigenvalue weighted by Crippen LogP contribution is 2.23. The Morgan fingerprint density at radius 2 is 2.27 bits per heavy atom. The molecule has 2 aromatic rings. The lowest BCUT2D eigenvalue weighted by Gasteiger charge is -2.31. The van der Waals surface area contributed by atoms with Gasteiger partial charge in [0.05, 0.1) is 13.2 Å². The summed E-state index contributed by atoms with van der Waals surface area (Å²) in [5, 5.41) is 3.90. The zero-order chi connectivity index (χ0) is 15.4. The Morgan fingerprint density at radius 3 is 3.00 bits per heavy atom. The van der Waals surface area contributed by atoms with Crippen molar-refractivity contribution in [1.82, 2.24) is 10.3 Å². The van der Waals surface area contributed by atoms with Gasteiger partial charge in [0.2, 0.25) is 0 Å². The van der Waals surface area contributed by atoms with Crippen LogP contribution in [0, 0.1) is 6.92 Å². The summed E-state index contributed by atoms with van der Waals surface area (Å²) in [5.74, 6) is -0.0677. The molecule has 116 valence electrons. The minimum absolute atomic E-state index is 0.0677. The number of thiazole rings is 1. The average Bonchev–Trinajstić information content (AvgIpc) is 3.00. The van der Waals surface area contributed by atoms with Gasteiger partial charge in [-0.2, -0.15) is 0 Å². The van der Waals surface area contributed by atoms with Crippen molar-refractivity contribution in [2.24, 2.45) is 0 Å². The molecule has 0 unspecified atom stereocenters. The summed E-state index contributed by atoms with van der Waals surface area (Å²) in [5.41, 5.74) is 1.08. The molecule has 5 nitrogen and oxygen atoms in total. The van der Waals surface area contributed by atoms with Crippen molar-refractivity contribution in [3.8, 4) is 0 Å². The van der Waals surface area contributed by atoms with E-state index in [2.05, 4.69) is 15.2 Å². The minimum atomic E-state index is -0.443. The van der Waals surface area contributed by atoms with Crippen LogP contribution in [0.3, 0.4) is 0 Å². The first-order valence-electron chi connectivity index (χ1n) is 7.33. The van der Waals surface area contributed by atoms with Crippen molar-refractivity contribution in [2.45, 2.75) is 19.6 Å². The molecule has 1 aromatic heterocycles. The molecule has 1 aliphatic rings. The van der Waals surface area contributed by atoms with E-state index in [4.69, 9.17) is 4.74 Å². The molecule has 1 atom stereocenters. The molecule has 1 aromatic carbocycles. The van der Waals surface area contributed by atoms with Crippen LogP contribution in [0.2, 0.25) is 0 Å². The van der Waals surface area contributed by atoms with Crippen LogP contribution in [0.25, 0.3) is 0 Å². The number of amides is 1. The summed E-state index contributed by atoms with van der Waals surface area (Å²) in [7, 11) is 0. The van der Waals surface area contributed by atoms with E-state index in [1.54, 1.807) is 11.3 Å². The summed E-state index contributed by atoms with van der Waals surface area (Å²) in [4.78, 5) is 19.9. The molecule has 1 aliphatic heterocycles. The van der Waals surface area contributed by atoms with E-state index >= 15 is 0 Å². The van der Waals surface area contributed by atoms with E-state index in [0.717, 1.165) is 17.2 Å². The van der Waals surface area contributed by atoms with Crippen molar-refractivity contribution in [1.29, 1.82) is 0 Å². The molecular formula is C16H19N3O2S. The van der Waals surface area contributed by atoms with E-state index in [9.17, 15) is 4.79 Å². The lowest BCUT2D eigenvalue weighted by molar-refractivity contribution is -0.133. The predicted molar refractivity (Wildman–Crippen MR) is 87.1 cm³/mol. The molecule has 6 heteroatoms. The van der Waals surface area contributed by atoms with Crippen LogP contribution in [0.5, 0.6) is 0 Å². The van der Waals surface area contributed by atoms with Crippen molar-refractivity contribution in [3.63, 3.8) is 0 Å². The monoisotopic (exact) mass is 317 g/mol. The largest absolute Gasteiger partial charge is 0.365 e. The number of morpholine rings is 1. The molecule has 0 saturated carbocycles. The Bertz CT molecular complexity index is 629. The van der Waals surface area contributed by atoms with Gasteiger partial charge in [0.25, 0.3) is 5.91 Å². The number of aryl methyl sites for hydroxylation is 1. The van der Waals surface area contributed by atoms with Crippen LogP contribution in [0.4, 0.5) is 5.13 Å². The standard InChI is InChI=1S/C16H19N3O2S/c1-12-9-18-16(22-12)19-7-8-21-14(11-19)15(20)17-10-13-5-3-2-4-6-13/h2-6,9,14H,7-8,10-11H2,1H3,(H,17,20)/t14-/m1/s1. The highest BCUT2D eigenvalue weighted by Gasteiger charge is 2.27. The van der Waals surface area contributed by atoms with Gasteiger partial charge in [0.15, 0.2) is 11.2 Å². The zero-order valence-electron chi connectivity index (χ0n) is 12.5. The number of carbonyl (C=O) groups is 1. The van der Waals surface area contributed by atoms with Gasteiger partial charge in [-0.3, -0.25) is 4.79 Å². The van der Waals surface area contributed by atoms with Gasteiger partial charge in [-0.25, -0.2) is 4.98 Å². The van der Waals surface area contributed by atoms with E-state index in [1.165, 1.54) is 4.88 Å². The second-order valence-electron chi connectivity index (χ2n) is 5.26. The van der Waals surface area contributed by atoms with Gasteiger partial charge in [-0.1, -0.05) is 30.3 Å². The number of hydrogen-bond acceptors (Lipinski definition) is 5. The van der Waals surface area contributed by atoms with E-state index < -0.39 is 6.10 Å². The Balaban J connectivity index is 1.56. The fourth-order valence-corrected chi connectivity index (χ4v) is 3.16. The lowest BCUT2D eigenvalue weighted by Crippen LogP contribution is -2.49. The second kappa shape index (κ2) is 6.89. The molecule has 3 rings (SSSR count). The van der Waals surface area contributed by atoms with Gasteiger partial charge in [-0.05, 0) is 12.5 Å².